The van der Waals surface area contributed by atoms with Crippen molar-refractivity contribution in [1.82, 2.24) is 4.90 Å². The minimum absolute atomic E-state index is 1.18. The molecule has 0 aromatic heterocycles. The van der Waals surface area contributed by atoms with Crippen molar-refractivity contribution in [3.63, 3.8) is 0 Å². The van der Waals surface area contributed by atoms with Gasteiger partial charge in [0, 0.05) is 6.54 Å². The van der Waals surface area contributed by atoms with Crippen molar-refractivity contribution in [2.45, 2.75) is 84.5 Å². The van der Waals surface area contributed by atoms with Crippen molar-refractivity contribution in [3.05, 3.63) is 35.4 Å². The van der Waals surface area contributed by atoms with Gasteiger partial charge in [-0.2, -0.15) is 0 Å². The normalized spacial score (nSPS) is 11.3. The van der Waals surface area contributed by atoms with Gasteiger partial charge in [0.2, 0.25) is 0 Å². The number of likely N-dealkylation sites (N-methyl/N-ethyl adjacent to an activating group) is 1. The van der Waals surface area contributed by atoms with Crippen molar-refractivity contribution < 1.29 is 0 Å². The van der Waals surface area contributed by atoms with Crippen LogP contribution in [-0.2, 0) is 12.8 Å². The van der Waals surface area contributed by atoms with E-state index < -0.39 is 0 Å². The smallest absolute Gasteiger partial charge is 0.00188 e. The van der Waals surface area contributed by atoms with Crippen molar-refractivity contribution in [2.24, 2.45) is 0 Å². The van der Waals surface area contributed by atoms with Crippen LogP contribution in [0.5, 0.6) is 0 Å². The van der Waals surface area contributed by atoms with Gasteiger partial charge in [-0.1, -0.05) is 83.1 Å². The molecule has 0 aliphatic carbocycles. The van der Waals surface area contributed by atoms with Gasteiger partial charge in [-0.05, 0) is 50.4 Å². The molecule has 1 aromatic rings. The van der Waals surface area contributed by atoms with Crippen molar-refractivity contribution in [3.8, 4) is 0 Å². The first-order chi connectivity index (χ1) is 11.3. The van der Waals surface area contributed by atoms with Gasteiger partial charge in [0.1, 0.15) is 0 Å². The van der Waals surface area contributed by atoms with Gasteiger partial charge in [0.25, 0.3) is 0 Å². The molecule has 132 valence electrons. The molecule has 0 aliphatic heterocycles. The van der Waals surface area contributed by atoms with E-state index in [0.29, 0.717) is 0 Å². The van der Waals surface area contributed by atoms with Crippen LogP contribution in [0.2, 0.25) is 0 Å². The third-order valence-corrected chi connectivity index (χ3v) is 4.77. The molecule has 0 radical (unpaired) electrons. The number of unbranched alkanes of at least 4 members (excludes halogenated alkanes) is 7. The number of aryl methyl sites for hydroxylation is 1. The quantitative estimate of drug-likeness (QED) is 0.366. The van der Waals surface area contributed by atoms with Crippen LogP contribution in [-0.4, -0.2) is 25.0 Å². The molecule has 0 saturated heterocycles. The summed E-state index contributed by atoms with van der Waals surface area (Å²) in [4.78, 5) is 2.47. The van der Waals surface area contributed by atoms with E-state index in [1.54, 1.807) is 0 Å². The zero-order valence-electron chi connectivity index (χ0n) is 15.9. The Bertz CT molecular complexity index is 368. The van der Waals surface area contributed by atoms with Crippen LogP contribution in [0.15, 0.2) is 24.3 Å². The fourth-order valence-electron chi connectivity index (χ4n) is 3.05. The molecule has 0 unspecified atom stereocenters. The molecule has 1 aromatic carbocycles. The lowest BCUT2D eigenvalue weighted by Crippen LogP contribution is -2.22. The van der Waals surface area contributed by atoms with E-state index in [9.17, 15) is 0 Å². The zero-order chi connectivity index (χ0) is 16.8. The maximum Gasteiger partial charge on any atom is 0.00188 e. The first-order valence-electron chi connectivity index (χ1n) is 10.0. The molecule has 23 heavy (non-hydrogen) atoms. The molecule has 0 atom stereocenters. The van der Waals surface area contributed by atoms with Gasteiger partial charge in [0.15, 0.2) is 0 Å². The predicted octanol–water partition coefficient (Wildman–Crippen LogP) is 6.25. The topological polar surface area (TPSA) is 3.24 Å². The zero-order valence-corrected chi connectivity index (χ0v) is 15.9. The summed E-state index contributed by atoms with van der Waals surface area (Å²) in [5.41, 5.74) is 3.00. The number of rotatable bonds is 14. The van der Waals surface area contributed by atoms with Gasteiger partial charge in [0.05, 0.1) is 0 Å². The largest absolute Gasteiger partial charge is 0.306 e. The van der Waals surface area contributed by atoms with E-state index in [0.717, 1.165) is 0 Å². The minimum atomic E-state index is 1.18. The Labute approximate surface area is 145 Å². The van der Waals surface area contributed by atoms with Gasteiger partial charge in [-0.15, -0.1) is 0 Å². The lowest BCUT2D eigenvalue weighted by Gasteiger charge is -2.16. The summed E-state index contributed by atoms with van der Waals surface area (Å²) in [5.74, 6) is 0. The van der Waals surface area contributed by atoms with Crippen LogP contribution in [0.1, 0.15) is 82.8 Å². The molecule has 1 nitrogen and oxygen atoms in total. The highest BCUT2D eigenvalue weighted by Crippen LogP contribution is 2.11. The van der Waals surface area contributed by atoms with E-state index in [1.165, 1.54) is 94.8 Å². The van der Waals surface area contributed by atoms with Crippen molar-refractivity contribution >= 4 is 0 Å². The van der Waals surface area contributed by atoms with E-state index in [1.807, 2.05) is 0 Å². The number of nitrogens with zero attached hydrogens (tertiary/aromatic N) is 1. The minimum Gasteiger partial charge on any atom is -0.306 e. The van der Waals surface area contributed by atoms with Crippen LogP contribution in [0, 0.1) is 0 Å². The lowest BCUT2D eigenvalue weighted by molar-refractivity contribution is 0.329. The molecule has 0 saturated carbocycles. The second-order valence-electron chi connectivity index (χ2n) is 7.09. The maximum atomic E-state index is 2.47. The molecule has 0 N–H and O–H groups in total. The monoisotopic (exact) mass is 317 g/mol. The second-order valence-corrected chi connectivity index (χ2v) is 7.09. The van der Waals surface area contributed by atoms with Crippen LogP contribution < -0.4 is 0 Å². The van der Waals surface area contributed by atoms with Gasteiger partial charge < -0.3 is 4.90 Å². The molecule has 0 bridgehead atoms. The van der Waals surface area contributed by atoms with E-state index in [-0.39, 0.29) is 0 Å². The molecule has 0 aliphatic rings. The Morgan fingerprint density at radius 3 is 1.78 bits per heavy atom. The number of hydrogen-bond donors (Lipinski definition) is 0. The molecule has 0 spiro atoms. The Hall–Kier alpha value is -0.820. The highest BCUT2D eigenvalue weighted by Gasteiger charge is 2.00. The van der Waals surface area contributed by atoms with Crippen LogP contribution in [0.25, 0.3) is 0 Å². The SMILES string of the molecule is CCCCCCCCc1ccc(CCN(C)CCCCC)cc1. The standard InChI is InChI=1S/C22H39N/c1-4-6-8-9-10-11-13-21-14-16-22(17-15-21)18-20-23(3)19-12-7-5-2/h14-17H,4-13,18-20H2,1-3H3. The Morgan fingerprint density at radius 1 is 0.609 bits per heavy atom. The fraction of sp³-hybridized carbons (Fsp3) is 0.727. The number of hydrogen-bond acceptors (Lipinski definition) is 1. The summed E-state index contributed by atoms with van der Waals surface area (Å²) >= 11 is 0. The third-order valence-electron chi connectivity index (χ3n) is 4.77. The van der Waals surface area contributed by atoms with E-state index >= 15 is 0 Å². The highest BCUT2D eigenvalue weighted by atomic mass is 15.1. The molecule has 0 fully saturated rings. The summed E-state index contributed by atoms with van der Waals surface area (Å²) in [5, 5.41) is 0. The average molecular weight is 318 g/mol. The van der Waals surface area contributed by atoms with Crippen LogP contribution in [0.3, 0.4) is 0 Å². The maximum absolute atomic E-state index is 2.47. The fourth-order valence-corrected chi connectivity index (χ4v) is 3.05. The summed E-state index contributed by atoms with van der Waals surface area (Å²) in [6.45, 7) is 6.97. The van der Waals surface area contributed by atoms with Crippen molar-refractivity contribution in [2.75, 3.05) is 20.1 Å². The summed E-state index contributed by atoms with van der Waals surface area (Å²) in [6, 6.07) is 9.37. The molecule has 1 rings (SSSR count). The number of benzene rings is 1. The van der Waals surface area contributed by atoms with Crippen molar-refractivity contribution in [1.29, 1.82) is 0 Å². The van der Waals surface area contributed by atoms with E-state index in [2.05, 4.69) is 50.1 Å². The molecular weight excluding hydrogens is 278 g/mol. The van der Waals surface area contributed by atoms with Gasteiger partial charge in [-0.3, -0.25) is 0 Å². The molecule has 0 heterocycles. The molecule has 1 heteroatoms. The summed E-state index contributed by atoms with van der Waals surface area (Å²) < 4.78 is 0. The first-order valence-corrected chi connectivity index (χ1v) is 10.0. The van der Waals surface area contributed by atoms with Gasteiger partial charge in [-0.25, -0.2) is 0 Å². The second kappa shape index (κ2) is 13.6. The highest BCUT2D eigenvalue weighted by molar-refractivity contribution is 5.22. The molecular formula is C22H39N. The lowest BCUT2D eigenvalue weighted by atomic mass is 10.0. The van der Waals surface area contributed by atoms with Crippen LogP contribution >= 0.6 is 0 Å². The Balaban J connectivity index is 2.15. The predicted molar refractivity (Wildman–Crippen MR) is 104 cm³/mol. The summed E-state index contributed by atoms with van der Waals surface area (Å²) in [7, 11) is 2.25. The van der Waals surface area contributed by atoms with Gasteiger partial charge >= 0.3 is 0 Å². The average Bonchev–Trinajstić information content (AvgIpc) is 2.57. The molecule has 0 amide bonds. The Kier molecular flexibility index (Phi) is 12.0. The van der Waals surface area contributed by atoms with Crippen LogP contribution in [0.4, 0.5) is 0 Å². The first kappa shape index (κ1) is 20.2. The van der Waals surface area contributed by atoms with E-state index in [4.69, 9.17) is 0 Å². The third kappa shape index (κ3) is 10.5. The summed E-state index contributed by atoms with van der Waals surface area (Å²) in [6.07, 6.45) is 14.8. The Morgan fingerprint density at radius 2 is 1.13 bits per heavy atom.